The number of ether oxygens (including phenoxy) is 1. The van der Waals surface area contributed by atoms with Crippen LogP contribution in [0.25, 0.3) is 0 Å². The molecular weight excluding hydrogens is 260 g/mol. The molecule has 0 radical (unpaired) electrons. The van der Waals surface area contributed by atoms with Gasteiger partial charge in [0.2, 0.25) is 0 Å². The van der Waals surface area contributed by atoms with Crippen LogP contribution >= 0.6 is 15.9 Å². The lowest BCUT2D eigenvalue weighted by Crippen LogP contribution is -1.99. The third-order valence-electron chi connectivity index (χ3n) is 1.55. The summed E-state index contributed by atoms with van der Waals surface area (Å²) in [6, 6.07) is 1.17. The predicted octanol–water partition coefficient (Wildman–Crippen LogP) is 2.60. The Morgan fingerprint density at radius 1 is 1.64 bits per heavy atom. The van der Waals surface area contributed by atoms with Crippen molar-refractivity contribution in [1.29, 1.82) is 0 Å². The highest BCUT2D eigenvalue weighted by Crippen LogP contribution is 2.34. The van der Waals surface area contributed by atoms with Crippen LogP contribution in [-0.2, 0) is 0 Å². The van der Waals surface area contributed by atoms with Crippen molar-refractivity contribution in [1.82, 2.24) is 4.98 Å². The van der Waals surface area contributed by atoms with E-state index in [9.17, 15) is 13.6 Å². The average molecular weight is 266 g/mol. The summed E-state index contributed by atoms with van der Waals surface area (Å²) in [7, 11) is 1.25. The molecule has 0 aliphatic carbocycles. The van der Waals surface area contributed by atoms with Crippen LogP contribution in [0.5, 0.6) is 5.75 Å². The van der Waals surface area contributed by atoms with Gasteiger partial charge in [-0.15, -0.1) is 0 Å². The fourth-order valence-electron chi connectivity index (χ4n) is 0.946. The van der Waals surface area contributed by atoms with E-state index in [1.807, 2.05) is 0 Å². The van der Waals surface area contributed by atoms with Crippen LogP contribution < -0.4 is 4.74 Å². The molecule has 0 saturated carbocycles. The van der Waals surface area contributed by atoms with Crippen molar-refractivity contribution in [2.45, 2.75) is 6.43 Å². The number of aldehydes is 1. The van der Waals surface area contributed by atoms with Gasteiger partial charge in [0.1, 0.15) is 16.0 Å². The number of nitrogens with zero attached hydrogens (tertiary/aromatic N) is 1. The first-order valence-electron chi connectivity index (χ1n) is 3.58. The van der Waals surface area contributed by atoms with Crippen molar-refractivity contribution >= 4 is 22.2 Å². The summed E-state index contributed by atoms with van der Waals surface area (Å²) in [6.07, 6.45) is -2.24. The van der Waals surface area contributed by atoms with Gasteiger partial charge in [-0.1, -0.05) is 0 Å². The molecule has 1 rings (SSSR count). The number of methoxy groups -OCH3 is 1. The Balaban J connectivity index is 3.34. The minimum absolute atomic E-state index is 0.0399. The first-order valence-corrected chi connectivity index (χ1v) is 4.37. The van der Waals surface area contributed by atoms with Crippen molar-refractivity contribution in [2.24, 2.45) is 0 Å². The molecule has 76 valence electrons. The number of carbonyl (C=O) groups excluding carboxylic acids is 1. The van der Waals surface area contributed by atoms with Gasteiger partial charge in [0.15, 0.2) is 6.29 Å². The number of rotatable bonds is 3. The maximum atomic E-state index is 12.5. The smallest absolute Gasteiger partial charge is 0.270 e. The number of hydrogen-bond donors (Lipinski definition) is 0. The number of alkyl halides is 2. The second kappa shape index (κ2) is 4.45. The highest BCUT2D eigenvalue weighted by molar-refractivity contribution is 9.10. The Morgan fingerprint density at radius 3 is 2.71 bits per heavy atom. The Hall–Kier alpha value is -1.04. The normalized spacial score (nSPS) is 10.4. The summed E-state index contributed by atoms with van der Waals surface area (Å²) in [6.45, 7) is 0. The Labute approximate surface area is 87.2 Å². The lowest BCUT2D eigenvalue weighted by Gasteiger charge is -2.09. The van der Waals surface area contributed by atoms with E-state index in [1.54, 1.807) is 0 Å². The number of halogens is 3. The van der Waals surface area contributed by atoms with Gasteiger partial charge in [-0.25, -0.2) is 13.8 Å². The molecule has 0 atom stereocenters. The van der Waals surface area contributed by atoms with Gasteiger partial charge in [-0.05, 0) is 15.9 Å². The quantitative estimate of drug-likeness (QED) is 0.623. The summed E-state index contributed by atoms with van der Waals surface area (Å²) < 4.78 is 29.6. The molecule has 1 aromatic heterocycles. The summed E-state index contributed by atoms with van der Waals surface area (Å²) in [5, 5.41) is 0. The third-order valence-corrected chi connectivity index (χ3v) is 2.16. The minimum Gasteiger partial charge on any atom is -0.496 e. The standard InChI is InChI=1S/C8H6BrF2NO2/c1-14-5-2-4(3-13)12-7(9)6(5)8(10)11/h2-3,8H,1H3. The van der Waals surface area contributed by atoms with E-state index in [1.165, 1.54) is 13.2 Å². The van der Waals surface area contributed by atoms with Crippen molar-refractivity contribution in [3.63, 3.8) is 0 Å². The highest BCUT2D eigenvalue weighted by Gasteiger charge is 2.19. The van der Waals surface area contributed by atoms with Crippen molar-refractivity contribution in [3.05, 3.63) is 21.9 Å². The van der Waals surface area contributed by atoms with Crippen LogP contribution in [0.1, 0.15) is 22.5 Å². The number of carbonyl (C=O) groups is 1. The van der Waals surface area contributed by atoms with Crippen molar-refractivity contribution in [2.75, 3.05) is 7.11 Å². The Bertz CT molecular complexity index is 357. The molecule has 6 heteroatoms. The highest BCUT2D eigenvalue weighted by atomic mass is 79.9. The van der Waals surface area contributed by atoms with E-state index in [2.05, 4.69) is 20.9 Å². The second-order valence-electron chi connectivity index (χ2n) is 2.37. The Morgan fingerprint density at radius 2 is 2.29 bits per heavy atom. The zero-order chi connectivity index (χ0) is 10.7. The molecule has 0 aliphatic rings. The SMILES string of the molecule is COc1cc(C=O)nc(Br)c1C(F)F. The monoisotopic (exact) mass is 265 g/mol. The van der Waals surface area contributed by atoms with Crippen molar-refractivity contribution in [3.8, 4) is 5.75 Å². The molecule has 1 aromatic rings. The maximum Gasteiger partial charge on any atom is 0.270 e. The molecule has 0 unspecified atom stereocenters. The lowest BCUT2D eigenvalue weighted by molar-refractivity contribution is 0.111. The van der Waals surface area contributed by atoms with E-state index in [0.717, 1.165) is 0 Å². The number of hydrogen-bond acceptors (Lipinski definition) is 3. The van der Waals surface area contributed by atoms with Crippen LogP contribution in [0.15, 0.2) is 10.7 Å². The van der Waals surface area contributed by atoms with Gasteiger partial charge in [-0.3, -0.25) is 4.79 Å². The minimum atomic E-state index is -2.70. The molecule has 0 spiro atoms. The van der Waals surface area contributed by atoms with Gasteiger partial charge in [0.05, 0.1) is 12.7 Å². The molecule has 0 aliphatic heterocycles. The molecule has 0 amide bonds. The van der Waals surface area contributed by atoms with Crippen molar-refractivity contribution < 1.29 is 18.3 Å². The fourth-order valence-corrected chi connectivity index (χ4v) is 1.52. The van der Waals surface area contributed by atoms with Gasteiger partial charge in [0.25, 0.3) is 6.43 Å². The van der Waals surface area contributed by atoms with E-state index >= 15 is 0 Å². The van der Waals surface area contributed by atoms with Gasteiger partial charge in [0, 0.05) is 6.07 Å². The molecule has 0 N–H and O–H groups in total. The molecule has 0 fully saturated rings. The summed E-state index contributed by atoms with van der Waals surface area (Å²) in [5.74, 6) is -0.0519. The van der Waals surface area contributed by atoms with Crippen LogP contribution in [-0.4, -0.2) is 18.4 Å². The maximum absolute atomic E-state index is 12.5. The van der Waals surface area contributed by atoms with Gasteiger partial charge in [-0.2, -0.15) is 0 Å². The van der Waals surface area contributed by atoms with Crippen LogP contribution in [0.4, 0.5) is 8.78 Å². The zero-order valence-corrected chi connectivity index (χ0v) is 8.72. The zero-order valence-electron chi connectivity index (χ0n) is 7.13. The largest absolute Gasteiger partial charge is 0.496 e. The van der Waals surface area contributed by atoms with Crippen LogP contribution in [0.2, 0.25) is 0 Å². The fraction of sp³-hybridized carbons (Fsp3) is 0.250. The van der Waals surface area contributed by atoms with E-state index in [0.29, 0.717) is 6.29 Å². The average Bonchev–Trinajstić information content (AvgIpc) is 2.15. The topological polar surface area (TPSA) is 39.2 Å². The molecular formula is C8H6BrF2NO2. The molecule has 0 saturated heterocycles. The Kier molecular flexibility index (Phi) is 3.51. The summed E-state index contributed by atoms with van der Waals surface area (Å²) in [4.78, 5) is 14.0. The van der Waals surface area contributed by atoms with E-state index in [4.69, 9.17) is 4.74 Å². The summed E-state index contributed by atoms with van der Waals surface area (Å²) in [5.41, 5.74) is -0.309. The van der Waals surface area contributed by atoms with E-state index < -0.39 is 6.43 Å². The number of aromatic nitrogens is 1. The molecule has 0 bridgehead atoms. The predicted molar refractivity (Wildman–Crippen MR) is 48.8 cm³/mol. The van der Waals surface area contributed by atoms with Gasteiger partial charge >= 0.3 is 0 Å². The first kappa shape index (κ1) is 11.0. The van der Waals surface area contributed by atoms with E-state index in [-0.39, 0.29) is 21.6 Å². The lowest BCUT2D eigenvalue weighted by atomic mass is 10.2. The third kappa shape index (κ3) is 2.06. The van der Waals surface area contributed by atoms with Crippen LogP contribution in [0.3, 0.4) is 0 Å². The summed E-state index contributed by atoms with van der Waals surface area (Å²) >= 11 is 2.85. The molecule has 14 heavy (non-hydrogen) atoms. The first-order chi connectivity index (χ1) is 6.60. The molecule has 1 heterocycles. The van der Waals surface area contributed by atoms with Gasteiger partial charge < -0.3 is 4.74 Å². The number of pyridine rings is 1. The van der Waals surface area contributed by atoms with Crippen LogP contribution in [0, 0.1) is 0 Å². The molecule has 0 aromatic carbocycles. The second-order valence-corrected chi connectivity index (χ2v) is 3.12. The molecule has 3 nitrogen and oxygen atoms in total.